The average molecular weight is 208 g/mol. The van der Waals surface area contributed by atoms with Crippen molar-refractivity contribution in [1.82, 2.24) is 0 Å². The van der Waals surface area contributed by atoms with Gasteiger partial charge in [-0.3, -0.25) is 0 Å². The Morgan fingerprint density at radius 1 is 0.714 bits per heavy atom. The molecule has 0 aromatic heterocycles. The maximum Gasteiger partial charge on any atom is 0.0853 e. The molecule has 0 aromatic carbocycles. The molecule has 0 bridgehead atoms. The van der Waals surface area contributed by atoms with Crippen LogP contribution in [0.2, 0.25) is 0 Å². The first-order valence-corrected chi connectivity index (χ1v) is 5.32. The van der Waals surface area contributed by atoms with E-state index in [-0.39, 0.29) is 5.48 Å². The standard InChI is InChI=1S/C10H22O3.H2O/c1-3-5-7-9-11-13-12-10-8-6-4-2;/h3-10H2,1-2H3;1H2. The summed E-state index contributed by atoms with van der Waals surface area (Å²) in [6.45, 7) is 5.56. The maximum atomic E-state index is 4.79. The Labute approximate surface area is 86.7 Å². The van der Waals surface area contributed by atoms with Crippen LogP contribution >= 0.6 is 0 Å². The van der Waals surface area contributed by atoms with Gasteiger partial charge in [0, 0.05) is 0 Å². The molecule has 0 amide bonds. The van der Waals surface area contributed by atoms with Crippen molar-refractivity contribution in [3.8, 4) is 0 Å². The summed E-state index contributed by atoms with van der Waals surface area (Å²) in [5, 5.41) is 4.53. The summed E-state index contributed by atoms with van der Waals surface area (Å²) >= 11 is 0. The highest BCUT2D eigenvalue weighted by Gasteiger charge is 1.90. The zero-order valence-corrected chi connectivity index (χ0v) is 9.38. The van der Waals surface area contributed by atoms with Crippen LogP contribution in [0.3, 0.4) is 0 Å². The largest absolute Gasteiger partial charge is 0.412 e. The Bertz CT molecular complexity index is 78.2. The minimum atomic E-state index is 0. The molecule has 0 radical (unpaired) electrons. The Hall–Kier alpha value is -0.160. The van der Waals surface area contributed by atoms with E-state index >= 15 is 0 Å². The fraction of sp³-hybridized carbons (Fsp3) is 1.00. The van der Waals surface area contributed by atoms with E-state index in [0.29, 0.717) is 13.2 Å². The van der Waals surface area contributed by atoms with Crippen LogP contribution in [-0.2, 0) is 14.8 Å². The minimum Gasteiger partial charge on any atom is -0.412 e. The lowest BCUT2D eigenvalue weighted by Gasteiger charge is -2.02. The summed E-state index contributed by atoms with van der Waals surface area (Å²) < 4.78 is 0. The second-order valence-electron chi connectivity index (χ2n) is 3.13. The lowest BCUT2D eigenvalue weighted by Crippen LogP contribution is -2.00. The van der Waals surface area contributed by atoms with Gasteiger partial charge in [0.15, 0.2) is 0 Å². The van der Waals surface area contributed by atoms with Crippen LogP contribution < -0.4 is 0 Å². The molecule has 4 heteroatoms. The first-order chi connectivity index (χ1) is 6.41. The second-order valence-corrected chi connectivity index (χ2v) is 3.13. The molecule has 0 aromatic rings. The fourth-order valence-electron chi connectivity index (χ4n) is 0.924. The minimum absolute atomic E-state index is 0. The van der Waals surface area contributed by atoms with Crippen molar-refractivity contribution in [1.29, 1.82) is 0 Å². The summed E-state index contributed by atoms with van der Waals surface area (Å²) in [4.78, 5) is 9.59. The molecule has 14 heavy (non-hydrogen) atoms. The van der Waals surface area contributed by atoms with Crippen molar-refractivity contribution in [2.75, 3.05) is 13.2 Å². The molecule has 0 rings (SSSR count). The summed E-state index contributed by atoms with van der Waals surface area (Å²) in [6.07, 6.45) is 6.82. The number of hydrogen-bond acceptors (Lipinski definition) is 3. The monoisotopic (exact) mass is 208 g/mol. The molecule has 0 atom stereocenters. The van der Waals surface area contributed by atoms with E-state index in [1.54, 1.807) is 0 Å². The number of hydrogen-bond donors (Lipinski definition) is 0. The topological polar surface area (TPSA) is 59.2 Å². The van der Waals surface area contributed by atoms with E-state index in [2.05, 4.69) is 18.9 Å². The molecule has 0 saturated carbocycles. The van der Waals surface area contributed by atoms with Gasteiger partial charge < -0.3 is 5.48 Å². The van der Waals surface area contributed by atoms with Crippen molar-refractivity contribution in [2.45, 2.75) is 52.4 Å². The molecule has 2 N–H and O–H groups in total. The molecule has 0 heterocycles. The molecule has 0 aliphatic rings. The predicted octanol–water partition coefficient (Wildman–Crippen LogP) is 2.42. The fourth-order valence-corrected chi connectivity index (χ4v) is 0.924. The van der Waals surface area contributed by atoms with Crippen molar-refractivity contribution in [3.05, 3.63) is 0 Å². The first-order valence-electron chi connectivity index (χ1n) is 5.32. The summed E-state index contributed by atoms with van der Waals surface area (Å²) in [5.41, 5.74) is 0. The van der Waals surface area contributed by atoms with Gasteiger partial charge in [0.25, 0.3) is 0 Å². The van der Waals surface area contributed by atoms with Gasteiger partial charge in [-0.15, -0.1) is 0 Å². The quantitative estimate of drug-likeness (QED) is 0.315. The molecular weight excluding hydrogens is 184 g/mol. The molecule has 0 spiro atoms. The predicted molar refractivity (Wildman–Crippen MR) is 55.7 cm³/mol. The van der Waals surface area contributed by atoms with Crippen LogP contribution in [0.15, 0.2) is 0 Å². The van der Waals surface area contributed by atoms with Gasteiger partial charge in [0.2, 0.25) is 0 Å². The first kappa shape index (κ1) is 16.3. The highest BCUT2D eigenvalue weighted by Crippen LogP contribution is 1.97. The van der Waals surface area contributed by atoms with Crippen LogP contribution in [0.4, 0.5) is 0 Å². The molecule has 0 unspecified atom stereocenters. The van der Waals surface area contributed by atoms with Crippen molar-refractivity contribution in [2.24, 2.45) is 0 Å². The van der Waals surface area contributed by atoms with Crippen molar-refractivity contribution >= 4 is 0 Å². The maximum absolute atomic E-state index is 4.79. The Balaban J connectivity index is 0. The molecule has 4 nitrogen and oxygen atoms in total. The summed E-state index contributed by atoms with van der Waals surface area (Å²) in [6, 6.07) is 0. The molecule has 0 fully saturated rings. The second kappa shape index (κ2) is 15.3. The van der Waals surface area contributed by atoms with E-state index in [1.807, 2.05) is 0 Å². The highest BCUT2D eigenvalue weighted by molar-refractivity contribution is 4.33. The Morgan fingerprint density at radius 3 is 1.50 bits per heavy atom. The van der Waals surface area contributed by atoms with Gasteiger partial charge in [-0.05, 0) is 12.8 Å². The normalized spacial score (nSPS) is 9.86. The van der Waals surface area contributed by atoms with Crippen LogP contribution in [0, 0.1) is 0 Å². The molecular formula is C10H24O4. The third-order valence-electron chi connectivity index (χ3n) is 1.76. The van der Waals surface area contributed by atoms with Gasteiger partial charge in [0.05, 0.1) is 13.2 Å². The molecule has 0 saturated heterocycles. The summed E-state index contributed by atoms with van der Waals surface area (Å²) in [7, 11) is 0. The van der Waals surface area contributed by atoms with Crippen LogP contribution in [0.25, 0.3) is 0 Å². The van der Waals surface area contributed by atoms with E-state index < -0.39 is 0 Å². The zero-order chi connectivity index (χ0) is 9.78. The van der Waals surface area contributed by atoms with Gasteiger partial charge in [-0.1, -0.05) is 44.6 Å². The van der Waals surface area contributed by atoms with Gasteiger partial charge in [0.1, 0.15) is 0 Å². The lowest BCUT2D eigenvalue weighted by atomic mass is 10.3. The zero-order valence-electron chi connectivity index (χ0n) is 9.38. The Kier molecular flexibility index (Phi) is 17.8. The molecule has 0 aliphatic heterocycles. The third-order valence-corrected chi connectivity index (χ3v) is 1.76. The van der Waals surface area contributed by atoms with Crippen molar-refractivity contribution in [3.63, 3.8) is 0 Å². The van der Waals surface area contributed by atoms with Gasteiger partial charge in [-0.25, -0.2) is 9.78 Å². The van der Waals surface area contributed by atoms with E-state index in [9.17, 15) is 0 Å². The van der Waals surface area contributed by atoms with E-state index in [1.165, 1.54) is 25.7 Å². The van der Waals surface area contributed by atoms with Crippen molar-refractivity contribution < 1.29 is 20.3 Å². The van der Waals surface area contributed by atoms with E-state index in [4.69, 9.17) is 9.78 Å². The third kappa shape index (κ3) is 14.4. The van der Waals surface area contributed by atoms with Crippen LogP contribution in [0.1, 0.15) is 52.4 Å². The smallest absolute Gasteiger partial charge is 0.0853 e. The number of rotatable bonds is 10. The van der Waals surface area contributed by atoms with Gasteiger partial charge in [-0.2, -0.15) is 0 Å². The van der Waals surface area contributed by atoms with E-state index in [0.717, 1.165) is 12.8 Å². The summed E-state index contributed by atoms with van der Waals surface area (Å²) in [5.74, 6) is 0. The van der Waals surface area contributed by atoms with Crippen LogP contribution in [0.5, 0.6) is 0 Å². The lowest BCUT2D eigenvalue weighted by molar-refractivity contribution is -0.512. The van der Waals surface area contributed by atoms with Gasteiger partial charge >= 0.3 is 0 Å². The highest BCUT2D eigenvalue weighted by atomic mass is 17.5. The molecule has 88 valence electrons. The van der Waals surface area contributed by atoms with Crippen LogP contribution in [-0.4, -0.2) is 18.7 Å². The average Bonchev–Trinajstić information content (AvgIpc) is 2.16. The Morgan fingerprint density at radius 2 is 1.14 bits per heavy atom. The SMILES string of the molecule is CCCCCOOOCCCCC.O. The molecule has 0 aliphatic carbocycles. The number of unbranched alkanes of at least 4 members (excludes halogenated alkanes) is 4.